The fraction of sp³-hybridized carbons (Fsp3) is 0.250. The van der Waals surface area contributed by atoms with Gasteiger partial charge in [-0.25, -0.2) is 17.8 Å². The van der Waals surface area contributed by atoms with Gasteiger partial charge in [-0.1, -0.05) is 11.3 Å². The Bertz CT molecular complexity index is 1120. The molecular formula is C16H15FN4O3S2. The summed E-state index contributed by atoms with van der Waals surface area (Å²) in [4.78, 5) is 22.6. The van der Waals surface area contributed by atoms with Gasteiger partial charge in [-0.15, -0.1) is 0 Å². The van der Waals surface area contributed by atoms with Gasteiger partial charge in [0.1, 0.15) is 11.5 Å². The molecule has 0 radical (unpaired) electrons. The molecule has 1 aliphatic heterocycles. The van der Waals surface area contributed by atoms with Crippen molar-refractivity contribution in [2.24, 2.45) is 0 Å². The largest absolute Gasteiger partial charge is 0.351 e. The Balaban J connectivity index is 1.56. The second-order valence-corrected chi connectivity index (χ2v) is 8.99. The highest BCUT2D eigenvalue weighted by molar-refractivity contribution is 7.92. The van der Waals surface area contributed by atoms with E-state index in [0.717, 1.165) is 16.8 Å². The van der Waals surface area contributed by atoms with Gasteiger partial charge in [-0.2, -0.15) is 0 Å². The summed E-state index contributed by atoms with van der Waals surface area (Å²) in [7, 11) is -3.39. The summed E-state index contributed by atoms with van der Waals surface area (Å²) >= 11 is 1.23. The van der Waals surface area contributed by atoms with Gasteiger partial charge >= 0.3 is 0 Å². The zero-order valence-corrected chi connectivity index (χ0v) is 15.4. The SMILES string of the molecule is CS(=O)(=O)Nc1nc2c(s1)CN(C(=O)c1cc3cc(F)ccc3[nH]1)CC2. The van der Waals surface area contributed by atoms with Gasteiger partial charge in [0.05, 0.1) is 18.5 Å². The van der Waals surface area contributed by atoms with Gasteiger partial charge in [-0.05, 0) is 24.3 Å². The Morgan fingerprint density at radius 2 is 2.19 bits per heavy atom. The Labute approximate surface area is 152 Å². The molecule has 0 atom stereocenters. The van der Waals surface area contributed by atoms with Crippen molar-refractivity contribution in [3.8, 4) is 0 Å². The number of carbonyl (C=O) groups excluding carboxylic acids is 1. The third kappa shape index (κ3) is 3.29. The standard InChI is InChI=1S/C16H15FN4O3S2/c1-26(23,24)20-16-19-12-4-5-21(8-14(12)25-16)15(22)13-7-9-6-10(17)2-3-11(9)18-13/h2-3,6-7,18H,4-5,8H2,1H3,(H,19,20). The Kier molecular flexibility index (Phi) is 3.96. The van der Waals surface area contributed by atoms with E-state index in [-0.39, 0.29) is 11.7 Å². The van der Waals surface area contributed by atoms with Crippen molar-refractivity contribution in [1.29, 1.82) is 0 Å². The van der Waals surface area contributed by atoms with E-state index in [0.29, 0.717) is 41.2 Å². The molecule has 26 heavy (non-hydrogen) atoms. The van der Waals surface area contributed by atoms with Gasteiger partial charge in [-0.3, -0.25) is 9.52 Å². The van der Waals surface area contributed by atoms with E-state index >= 15 is 0 Å². The van der Waals surface area contributed by atoms with Crippen molar-refractivity contribution in [3.05, 3.63) is 46.3 Å². The normalized spacial score (nSPS) is 14.5. The van der Waals surface area contributed by atoms with Crippen molar-refractivity contribution in [3.63, 3.8) is 0 Å². The summed E-state index contributed by atoms with van der Waals surface area (Å²) in [6.07, 6.45) is 1.62. The number of nitrogens with one attached hydrogen (secondary N) is 2. The van der Waals surface area contributed by atoms with Crippen molar-refractivity contribution in [1.82, 2.24) is 14.9 Å². The first-order chi connectivity index (χ1) is 12.3. The molecule has 0 fully saturated rings. The van der Waals surface area contributed by atoms with Crippen molar-refractivity contribution >= 4 is 43.3 Å². The van der Waals surface area contributed by atoms with Crippen LogP contribution in [0.4, 0.5) is 9.52 Å². The van der Waals surface area contributed by atoms with Gasteiger partial charge < -0.3 is 9.88 Å². The molecule has 0 unspecified atom stereocenters. The van der Waals surface area contributed by atoms with Crippen LogP contribution in [0.1, 0.15) is 21.1 Å². The molecule has 0 saturated carbocycles. The molecule has 1 aromatic carbocycles. The fourth-order valence-corrected chi connectivity index (χ4v) is 4.82. The van der Waals surface area contributed by atoms with Crippen LogP contribution in [-0.4, -0.2) is 42.0 Å². The number of aromatic amines is 1. The van der Waals surface area contributed by atoms with Crippen LogP contribution in [0.3, 0.4) is 0 Å². The Hall–Kier alpha value is -2.46. The number of halogens is 1. The van der Waals surface area contributed by atoms with Crippen LogP contribution in [0.5, 0.6) is 0 Å². The molecule has 3 heterocycles. The van der Waals surface area contributed by atoms with Gasteiger partial charge in [0, 0.05) is 28.7 Å². The van der Waals surface area contributed by atoms with E-state index in [9.17, 15) is 17.6 Å². The number of nitrogens with zero attached hydrogens (tertiary/aromatic N) is 2. The van der Waals surface area contributed by atoms with Gasteiger partial charge in [0.2, 0.25) is 10.0 Å². The lowest BCUT2D eigenvalue weighted by molar-refractivity contribution is 0.0731. The Morgan fingerprint density at radius 1 is 1.38 bits per heavy atom. The van der Waals surface area contributed by atoms with E-state index < -0.39 is 10.0 Å². The first kappa shape index (κ1) is 17.0. The molecule has 10 heteroatoms. The van der Waals surface area contributed by atoms with Crippen LogP contribution in [0.2, 0.25) is 0 Å². The summed E-state index contributed by atoms with van der Waals surface area (Å²) in [5, 5.41) is 0.955. The lowest BCUT2D eigenvalue weighted by atomic mass is 10.1. The minimum absolute atomic E-state index is 0.182. The van der Waals surface area contributed by atoms with Crippen LogP contribution >= 0.6 is 11.3 Å². The number of thiazole rings is 1. The molecule has 2 aromatic heterocycles. The van der Waals surface area contributed by atoms with E-state index in [1.54, 1.807) is 17.0 Å². The monoisotopic (exact) mass is 394 g/mol. The number of H-pyrrole nitrogens is 1. The summed E-state index contributed by atoms with van der Waals surface area (Å²) in [5.74, 6) is -0.535. The minimum atomic E-state index is -3.39. The number of rotatable bonds is 3. The number of sulfonamides is 1. The van der Waals surface area contributed by atoms with E-state index in [1.807, 2.05) is 0 Å². The number of carbonyl (C=O) groups is 1. The average Bonchev–Trinajstić information content (AvgIpc) is 3.14. The van der Waals surface area contributed by atoms with Crippen LogP contribution < -0.4 is 4.72 Å². The van der Waals surface area contributed by atoms with Gasteiger partial charge in [0.25, 0.3) is 5.91 Å². The number of hydrogen-bond donors (Lipinski definition) is 2. The lowest BCUT2D eigenvalue weighted by Gasteiger charge is -2.25. The number of fused-ring (bicyclic) bond motifs is 2. The molecule has 1 amide bonds. The van der Waals surface area contributed by atoms with Crippen LogP contribution in [-0.2, 0) is 23.0 Å². The minimum Gasteiger partial charge on any atom is -0.351 e. The van der Waals surface area contributed by atoms with E-state index in [4.69, 9.17) is 0 Å². The van der Waals surface area contributed by atoms with Crippen molar-refractivity contribution in [2.75, 3.05) is 17.5 Å². The highest BCUT2D eigenvalue weighted by Gasteiger charge is 2.26. The molecule has 2 N–H and O–H groups in total. The second kappa shape index (κ2) is 6.06. The molecule has 0 bridgehead atoms. The number of benzene rings is 1. The number of hydrogen-bond acceptors (Lipinski definition) is 5. The molecule has 1 aliphatic rings. The first-order valence-electron chi connectivity index (χ1n) is 7.82. The molecular weight excluding hydrogens is 379 g/mol. The maximum absolute atomic E-state index is 13.3. The van der Waals surface area contributed by atoms with E-state index in [2.05, 4.69) is 14.7 Å². The van der Waals surface area contributed by atoms with Gasteiger partial charge in [0.15, 0.2) is 5.13 Å². The summed E-state index contributed by atoms with van der Waals surface area (Å²) in [6.45, 7) is 0.846. The highest BCUT2D eigenvalue weighted by Crippen LogP contribution is 2.29. The third-order valence-corrected chi connectivity index (χ3v) is 5.80. The maximum atomic E-state index is 13.3. The predicted molar refractivity (Wildman–Crippen MR) is 97.3 cm³/mol. The molecule has 136 valence electrons. The second-order valence-electron chi connectivity index (χ2n) is 6.15. The summed E-state index contributed by atoms with van der Waals surface area (Å²) in [6, 6.07) is 5.96. The number of amides is 1. The summed E-state index contributed by atoms with van der Waals surface area (Å²) < 4.78 is 38.4. The zero-order chi connectivity index (χ0) is 18.5. The molecule has 3 aromatic rings. The Morgan fingerprint density at radius 3 is 2.96 bits per heavy atom. The molecule has 7 nitrogen and oxygen atoms in total. The molecule has 0 aliphatic carbocycles. The molecule has 0 spiro atoms. The topological polar surface area (TPSA) is 95.2 Å². The maximum Gasteiger partial charge on any atom is 0.270 e. The lowest BCUT2D eigenvalue weighted by Crippen LogP contribution is -2.35. The fourth-order valence-electron chi connectivity index (χ4n) is 2.96. The quantitative estimate of drug-likeness (QED) is 0.713. The van der Waals surface area contributed by atoms with Crippen molar-refractivity contribution < 1.29 is 17.6 Å². The number of aromatic nitrogens is 2. The first-order valence-corrected chi connectivity index (χ1v) is 10.5. The van der Waals surface area contributed by atoms with E-state index in [1.165, 1.54) is 23.5 Å². The highest BCUT2D eigenvalue weighted by atomic mass is 32.2. The predicted octanol–water partition coefficient (Wildman–Crippen LogP) is 2.33. The van der Waals surface area contributed by atoms with Crippen LogP contribution in [0.25, 0.3) is 10.9 Å². The van der Waals surface area contributed by atoms with Crippen LogP contribution in [0.15, 0.2) is 24.3 Å². The average molecular weight is 394 g/mol. The number of anilines is 1. The smallest absolute Gasteiger partial charge is 0.270 e. The van der Waals surface area contributed by atoms with Crippen molar-refractivity contribution in [2.45, 2.75) is 13.0 Å². The molecule has 0 saturated heterocycles. The third-order valence-electron chi connectivity index (χ3n) is 4.10. The molecule has 4 rings (SSSR count). The summed E-state index contributed by atoms with van der Waals surface area (Å²) in [5.41, 5.74) is 1.90. The van der Waals surface area contributed by atoms with Crippen LogP contribution in [0, 0.1) is 5.82 Å². The zero-order valence-electron chi connectivity index (χ0n) is 13.7.